The van der Waals surface area contributed by atoms with Gasteiger partial charge in [0, 0.05) is 24.0 Å². The highest BCUT2D eigenvalue weighted by Gasteiger charge is 2.18. The van der Waals surface area contributed by atoms with Crippen molar-refractivity contribution in [1.82, 2.24) is 9.97 Å². The largest absolute Gasteiger partial charge is 0.462 e. The third kappa shape index (κ3) is 4.95. The lowest BCUT2D eigenvalue weighted by atomic mass is 10.2. The van der Waals surface area contributed by atoms with Crippen LogP contribution in [0.2, 0.25) is 0 Å². The highest BCUT2D eigenvalue weighted by atomic mass is 16.5. The Labute approximate surface area is 169 Å². The lowest BCUT2D eigenvalue weighted by molar-refractivity contribution is 0.0526. The lowest BCUT2D eigenvalue weighted by Gasteiger charge is -2.20. The van der Waals surface area contributed by atoms with Gasteiger partial charge in [-0.15, -0.1) is 0 Å². The zero-order valence-corrected chi connectivity index (χ0v) is 16.3. The van der Waals surface area contributed by atoms with Gasteiger partial charge in [0.15, 0.2) is 0 Å². The van der Waals surface area contributed by atoms with Gasteiger partial charge in [-0.2, -0.15) is 0 Å². The number of benzene rings is 2. The minimum Gasteiger partial charge on any atom is -0.462 e. The molecule has 0 atom stereocenters. The van der Waals surface area contributed by atoms with Gasteiger partial charge in [-0.1, -0.05) is 18.2 Å². The van der Waals surface area contributed by atoms with Crippen LogP contribution in [0, 0.1) is 0 Å². The number of nitrogens with one attached hydrogen (secondary N) is 1. The lowest BCUT2D eigenvalue weighted by Crippen LogP contribution is -2.31. The van der Waals surface area contributed by atoms with Gasteiger partial charge in [0.2, 0.25) is 0 Å². The fraction of sp³-hybridized carbons (Fsp3) is 0.182. The first-order chi connectivity index (χ1) is 14.1. The first kappa shape index (κ1) is 20.0. The molecule has 7 heteroatoms. The Morgan fingerprint density at radius 3 is 2.38 bits per heavy atom. The molecule has 0 aliphatic rings. The standard InChI is InChI=1S/C22H22N4O3/c1-3-26(18-8-6-5-7-9-18)21(27)19-14-20(24-15-23-19)25-17-12-10-16(11-13-17)22(28)29-4-2/h5-15H,3-4H2,1-2H3,(H,23,24,25). The molecule has 3 aromatic rings. The molecule has 1 aromatic heterocycles. The van der Waals surface area contributed by atoms with Crippen LogP contribution in [-0.4, -0.2) is 35.0 Å². The molecule has 1 heterocycles. The van der Waals surface area contributed by atoms with Gasteiger partial charge >= 0.3 is 5.97 Å². The van der Waals surface area contributed by atoms with E-state index in [1.165, 1.54) is 6.33 Å². The molecule has 0 bridgehead atoms. The third-order valence-corrected chi connectivity index (χ3v) is 4.18. The Bertz CT molecular complexity index is 975. The molecule has 1 N–H and O–H groups in total. The molecule has 0 aliphatic carbocycles. The molecular weight excluding hydrogens is 368 g/mol. The predicted molar refractivity (Wildman–Crippen MR) is 112 cm³/mol. The number of aromatic nitrogens is 2. The van der Waals surface area contributed by atoms with E-state index < -0.39 is 0 Å². The number of para-hydroxylation sites is 1. The molecule has 29 heavy (non-hydrogen) atoms. The number of hydrogen-bond donors (Lipinski definition) is 1. The maximum absolute atomic E-state index is 12.9. The second kappa shape index (κ2) is 9.45. The van der Waals surface area contributed by atoms with Crippen LogP contribution in [0.15, 0.2) is 67.0 Å². The number of ether oxygens (including phenoxy) is 1. The van der Waals surface area contributed by atoms with E-state index >= 15 is 0 Å². The number of rotatable bonds is 7. The number of esters is 1. The Hall–Kier alpha value is -3.74. The van der Waals surface area contributed by atoms with E-state index in [4.69, 9.17) is 4.74 Å². The van der Waals surface area contributed by atoms with E-state index in [2.05, 4.69) is 15.3 Å². The molecule has 0 saturated heterocycles. The van der Waals surface area contributed by atoms with Crippen LogP contribution >= 0.6 is 0 Å². The first-order valence-corrected chi connectivity index (χ1v) is 9.35. The normalized spacial score (nSPS) is 10.3. The third-order valence-electron chi connectivity index (χ3n) is 4.18. The van der Waals surface area contributed by atoms with Crippen molar-refractivity contribution in [2.45, 2.75) is 13.8 Å². The van der Waals surface area contributed by atoms with Crippen molar-refractivity contribution in [3.63, 3.8) is 0 Å². The van der Waals surface area contributed by atoms with Gasteiger partial charge in [-0.05, 0) is 50.2 Å². The summed E-state index contributed by atoms with van der Waals surface area (Å²) in [6.45, 7) is 4.52. The van der Waals surface area contributed by atoms with E-state index in [-0.39, 0.29) is 17.6 Å². The van der Waals surface area contributed by atoms with Crippen molar-refractivity contribution in [3.8, 4) is 0 Å². The van der Waals surface area contributed by atoms with Gasteiger partial charge in [-0.3, -0.25) is 4.79 Å². The van der Waals surface area contributed by atoms with Crippen molar-refractivity contribution in [3.05, 3.63) is 78.2 Å². The van der Waals surface area contributed by atoms with Crippen LogP contribution in [0.1, 0.15) is 34.7 Å². The van der Waals surface area contributed by atoms with Gasteiger partial charge in [0.25, 0.3) is 5.91 Å². The average molecular weight is 390 g/mol. The van der Waals surface area contributed by atoms with Crippen LogP contribution < -0.4 is 10.2 Å². The summed E-state index contributed by atoms with van der Waals surface area (Å²) in [7, 11) is 0. The van der Waals surface area contributed by atoms with Crippen molar-refractivity contribution in [2.24, 2.45) is 0 Å². The van der Waals surface area contributed by atoms with Crippen LogP contribution in [-0.2, 0) is 4.74 Å². The Morgan fingerprint density at radius 2 is 1.72 bits per heavy atom. The van der Waals surface area contributed by atoms with Crippen LogP contribution in [0.25, 0.3) is 0 Å². The average Bonchev–Trinajstić information content (AvgIpc) is 2.76. The SMILES string of the molecule is CCOC(=O)c1ccc(Nc2cc(C(=O)N(CC)c3ccccc3)ncn2)cc1. The second-order valence-electron chi connectivity index (χ2n) is 6.10. The maximum atomic E-state index is 12.9. The molecule has 0 aliphatic heterocycles. The number of hydrogen-bond acceptors (Lipinski definition) is 6. The predicted octanol–water partition coefficient (Wildman–Crippen LogP) is 4.06. The molecule has 1 amide bonds. The van der Waals surface area contributed by atoms with Gasteiger partial charge in [0.1, 0.15) is 17.8 Å². The summed E-state index contributed by atoms with van der Waals surface area (Å²) in [5.41, 5.74) is 2.29. The molecule has 0 spiro atoms. The van der Waals surface area contributed by atoms with Gasteiger partial charge in [0.05, 0.1) is 12.2 Å². The van der Waals surface area contributed by atoms with E-state index in [0.717, 1.165) is 11.4 Å². The Morgan fingerprint density at radius 1 is 1.00 bits per heavy atom. The molecule has 0 fully saturated rings. The van der Waals surface area contributed by atoms with Crippen molar-refractivity contribution < 1.29 is 14.3 Å². The summed E-state index contributed by atoms with van der Waals surface area (Å²) < 4.78 is 4.98. The smallest absolute Gasteiger partial charge is 0.338 e. The summed E-state index contributed by atoms with van der Waals surface area (Å²) in [4.78, 5) is 34.6. The summed E-state index contributed by atoms with van der Waals surface area (Å²) in [6, 6.07) is 17.9. The highest BCUT2D eigenvalue weighted by molar-refractivity contribution is 6.05. The number of amides is 1. The molecule has 3 rings (SSSR count). The van der Waals surface area contributed by atoms with Crippen molar-refractivity contribution in [1.29, 1.82) is 0 Å². The first-order valence-electron chi connectivity index (χ1n) is 9.35. The maximum Gasteiger partial charge on any atom is 0.338 e. The summed E-state index contributed by atoms with van der Waals surface area (Å²) in [6.07, 6.45) is 1.35. The van der Waals surface area contributed by atoms with E-state index in [1.807, 2.05) is 37.3 Å². The molecule has 0 radical (unpaired) electrons. The zero-order chi connectivity index (χ0) is 20.6. The van der Waals surface area contributed by atoms with E-state index in [1.54, 1.807) is 42.2 Å². The topological polar surface area (TPSA) is 84.4 Å². The number of carbonyl (C=O) groups excluding carboxylic acids is 2. The number of nitrogens with zero attached hydrogens (tertiary/aromatic N) is 3. The van der Waals surface area contributed by atoms with Crippen molar-refractivity contribution >= 4 is 29.1 Å². The fourth-order valence-electron chi connectivity index (χ4n) is 2.78. The highest BCUT2D eigenvalue weighted by Crippen LogP contribution is 2.19. The van der Waals surface area contributed by atoms with Crippen LogP contribution in [0.5, 0.6) is 0 Å². The summed E-state index contributed by atoms with van der Waals surface area (Å²) in [5.74, 6) is -0.0901. The molecule has 7 nitrogen and oxygen atoms in total. The quantitative estimate of drug-likeness (QED) is 0.613. The molecule has 148 valence electrons. The van der Waals surface area contributed by atoms with Gasteiger partial charge in [-0.25, -0.2) is 14.8 Å². The Balaban J connectivity index is 1.75. The fourth-order valence-corrected chi connectivity index (χ4v) is 2.78. The van der Waals surface area contributed by atoms with E-state index in [0.29, 0.717) is 24.5 Å². The monoisotopic (exact) mass is 390 g/mol. The van der Waals surface area contributed by atoms with E-state index in [9.17, 15) is 9.59 Å². The van der Waals surface area contributed by atoms with Crippen LogP contribution in [0.4, 0.5) is 17.2 Å². The molecular formula is C22H22N4O3. The summed E-state index contributed by atoms with van der Waals surface area (Å²) >= 11 is 0. The minimum atomic E-state index is -0.366. The minimum absolute atomic E-state index is 0.207. The van der Waals surface area contributed by atoms with Gasteiger partial charge < -0.3 is 15.0 Å². The Kier molecular flexibility index (Phi) is 6.52. The zero-order valence-electron chi connectivity index (χ0n) is 16.3. The second-order valence-corrected chi connectivity index (χ2v) is 6.10. The molecule has 2 aromatic carbocycles. The number of anilines is 3. The number of carbonyl (C=O) groups is 2. The molecule has 0 saturated carbocycles. The molecule has 0 unspecified atom stereocenters. The van der Waals surface area contributed by atoms with Crippen molar-refractivity contribution in [2.75, 3.05) is 23.4 Å². The summed E-state index contributed by atoms with van der Waals surface area (Å²) in [5, 5.41) is 3.12. The van der Waals surface area contributed by atoms with Crippen LogP contribution in [0.3, 0.4) is 0 Å².